The average Bonchev–Trinajstić information content (AvgIpc) is 2.54. The van der Waals surface area contributed by atoms with Crippen LogP contribution in [0.2, 0.25) is 0 Å². The van der Waals surface area contributed by atoms with Crippen molar-refractivity contribution in [3.63, 3.8) is 0 Å². The van der Waals surface area contributed by atoms with Gasteiger partial charge in [0.25, 0.3) is 0 Å². The van der Waals surface area contributed by atoms with E-state index in [2.05, 4.69) is 11.4 Å². The summed E-state index contributed by atoms with van der Waals surface area (Å²) in [6.45, 7) is 5.33. The van der Waals surface area contributed by atoms with Crippen LogP contribution in [0.5, 0.6) is 0 Å². The van der Waals surface area contributed by atoms with Crippen LogP contribution in [-0.2, 0) is 0 Å². The van der Waals surface area contributed by atoms with E-state index in [0.717, 1.165) is 35.2 Å². The van der Waals surface area contributed by atoms with Crippen molar-refractivity contribution in [3.8, 4) is 0 Å². The summed E-state index contributed by atoms with van der Waals surface area (Å²) in [6.07, 6.45) is 1.59. The molecule has 0 aromatic heterocycles. The molecule has 1 fully saturated rings. The fraction of sp³-hybridized carbons (Fsp3) is 0.350. The van der Waals surface area contributed by atoms with Crippen LogP contribution in [0, 0.1) is 19.7 Å². The Kier molecular flexibility index (Phi) is 4.84. The van der Waals surface area contributed by atoms with Gasteiger partial charge in [0.15, 0.2) is 0 Å². The highest BCUT2D eigenvalue weighted by molar-refractivity contribution is 5.89. The fourth-order valence-electron chi connectivity index (χ4n) is 3.45. The number of likely N-dealkylation sites (tertiary alicyclic amines) is 1. The summed E-state index contributed by atoms with van der Waals surface area (Å²) < 4.78 is 13.9. The van der Waals surface area contributed by atoms with E-state index in [4.69, 9.17) is 0 Å². The second-order valence-corrected chi connectivity index (χ2v) is 6.59. The molecule has 2 aromatic carbocycles. The third-order valence-corrected chi connectivity index (χ3v) is 4.60. The van der Waals surface area contributed by atoms with E-state index in [1.807, 2.05) is 43.0 Å². The fourth-order valence-corrected chi connectivity index (χ4v) is 3.45. The summed E-state index contributed by atoms with van der Waals surface area (Å²) in [5.74, 6) is 0.0482. The molecule has 2 amide bonds. The van der Waals surface area contributed by atoms with Gasteiger partial charge in [-0.3, -0.25) is 0 Å². The molecular formula is C20H23FN2O. The van der Waals surface area contributed by atoms with E-state index in [1.165, 1.54) is 6.07 Å². The molecule has 4 heteroatoms. The molecule has 1 aliphatic rings. The Bertz CT molecular complexity index is 716. The van der Waals surface area contributed by atoms with Crippen molar-refractivity contribution in [1.82, 2.24) is 4.90 Å². The molecule has 1 heterocycles. The first-order valence-corrected chi connectivity index (χ1v) is 8.41. The van der Waals surface area contributed by atoms with Crippen molar-refractivity contribution in [2.75, 3.05) is 18.4 Å². The molecule has 3 nitrogen and oxygen atoms in total. The summed E-state index contributed by atoms with van der Waals surface area (Å²) in [7, 11) is 0. The van der Waals surface area contributed by atoms with Gasteiger partial charge >= 0.3 is 6.03 Å². The lowest BCUT2D eigenvalue weighted by Gasteiger charge is -2.32. The maximum Gasteiger partial charge on any atom is 0.321 e. The van der Waals surface area contributed by atoms with E-state index < -0.39 is 0 Å². The van der Waals surface area contributed by atoms with Crippen molar-refractivity contribution in [3.05, 3.63) is 65.0 Å². The Hall–Kier alpha value is -2.36. The van der Waals surface area contributed by atoms with Gasteiger partial charge in [-0.25, -0.2) is 9.18 Å². The molecule has 0 spiro atoms. The van der Waals surface area contributed by atoms with Gasteiger partial charge in [0.05, 0.1) is 0 Å². The molecule has 0 atom stereocenters. The smallest absolute Gasteiger partial charge is 0.321 e. The minimum atomic E-state index is -0.143. The van der Waals surface area contributed by atoms with Crippen molar-refractivity contribution in [2.24, 2.45) is 0 Å². The van der Waals surface area contributed by atoms with E-state index in [1.54, 1.807) is 6.07 Å². The lowest BCUT2D eigenvalue weighted by Crippen LogP contribution is -2.40. The summed E-state index contributed by atoms with van der Waals surface area (Å²) in [5.41, 5.74) is 3.85. The number of hydrogen-bond acceptors (Lipinski definition) is 1. The first kappa shape index (κ1) is 16.5. The zero-order chi connectivity index (χ0) is 17.1. The number of hydrogen-bond donors (Lipinski definition) is 1. The van der Waals surface area contributed by atoms with E-state index >= 15 is 0 Å². The standard InChI is InChI=1S/C20H23FN2O/c1-14-11-15(2)13-17(12-14)22-20(24)23-9-7-16(8-10-23)18-5-3-4-6-19(18)21/h3-6,11-13,16H,7-10H2,1-2H3,(H,22,24). The molecule has 1 N–H and O–H groups in total. The third-order valence-electron chi connectivity index (χ3n) is 4.60. The highest BCUT2D eigenvalue weighted by Gasteiger charge is 2.25. The summed E-state index contributed by atoms with van der Waals surface area (Å²) >= 11 is 0. The van der Waals surface area contributed by atoms with Crippen molar-refractivity contribution >= 4 is 11.7 Å². The largest absolute Gasteiger partial charge is 0.324 e. The molecule has 1 aliphatic heterocycles. The molecule has 2 aromatic rings. The number of urea groups is 1. The van der Waals surface area contributed by atoms with Crippen LogP contribution in [0.25, 0.3) is 0 Å². The molecule has 24 heavy (non-hydrogen) atoms. The van der Waals surface area contributed by atoms with Crippen LogP contribution in [0.1, 0.15) is 35.4 Å². The summed E-state index contributed by atoms with van der Waals surface area (Å²) in [5, 5.41) is 2.97. The van der Waals surface area contributed by atoms with Gasteiger partial charge in [0.2, 0.25) is 0 Å². The number of piperidine rings is 1. The SMILES string of the molecule is Cc1cc(C)cc(NC(=O)N2CCC(c3ccccc3F)CC2)c1. The predicted molar refractivity (Wildman–Crippen MR) is 94.9 cm³/mol. The first-order valence-electron chi connectivity index (χ1n) is 8.41. The number of carbonyl (C=O) groups is 1. The zero-order valence-electron chi connectivity index (χ0n) is 14.2. The minimum absolute atomic E-state index is 0.0769. The highest BCUT2D eigenvalue weighted by atomic mass is 19.1. The topological polar surface area (TPSA) is 32.3 Å². The van der Waals surface area contributed by atoms with E-state index in [9.17, 15) is 9.18 Å². The number of aryl methyl sites for hydroxylation is 2. The highest BCUT2D eigenvalue weighted by Crippen LogP contribution is 2.30. The zero-order valence-corrected chi connectivity index (χ0v) is 14.2. The Morgan fingerprint density at radius 2 is 1.71 bits per heavy atom. The Morgan fingerprint density at radius 3 is 2.33 bits per heavy atom. The normalized spacial score (nSPS) is 15.4. The lowest BCUT2D eigenvalue weighted by atomic mass is 9.89. The van der Waals surface area contributed by atoms with Crippen LogP contribution < -0.4 is 5.32 Å². The molecule has 0 saturated carbocycles. The van der Waals surface area contributed by atoms with E-state index in [0.29, 0.717) is 13.1 Å². The van der Waals surface area contributed by atoms with Gasteiger partial charge in [-0.1, -0.05) is 24.3 Å². The van der Waals surface area contributed by atoms with Crippen LogP contribution in [0.3, 0.4) is 0 Å². The monoisotopic (exact) mass is 326 g/mol. The lowest BCUT2D eigenvalue weighted by molar-refractivity contribution is 0.194. The number of amides is 2. The third kappa shape index (κ3) is 3.75. The van der Waals surface area contributed by atoms with Crippen LogP contribution in [0.15, 0.2) is 42.5 Å². The molecule has 0 radical (unpaired) electrons. The number of nitrogens with one attached hydrogen (secondary N) is 1. The maximum absolute atomic E-state index is 13.9. The number of carbonyl (C=O) groups excluding carboxylic acids is 1. The summed E-state index contributed by atoms with van der Waals surface area (Å²) in [4.78, 5) is 14.3. The van der Waals surface area contributed by atoms with Gasteiger partial charge in [0, 0.05) is 18.8 Å². The quantitative estimate of drug-likeness (QED) is 0.840. The van der Waals surface area contributed by atoms with Crippen molar-refractivity contribution in [1.29, 1.82) is 0 Å². The molecule has 0 unspecified atom stereocenters. The molecule has 3 rings (SSSR count). The summed E-state index contributed by atoms with van der Waals surface area (Å²) in [6, 6.07) is 12.9. The minimum Gasteiger partial charge on any atom is -0.324 e. The first-order chi connectivity index (χ1) is 11.5. The van der Waals surface area contributed by atoms with Crippen LogP contribution in [0.4, 0.5) is 14.9 Å². The van der Waals surface area contributed by atoms with Gasteiger partial charge < -0.3 is 10.2 Å². The molecule has 0 bridgehead atoms. The Morgan fingerprint density at radius 1 is 1.08 bits per heavy atom. The Balaban J connectivity index is 1.60. The molecule has 126 valence electrons. The van der Waals surface area contributed by atoms with Crippen LogP contribution in [-0.4, -0.2) is 24.0 Å². The average molecular weight is 326 g/mol. The number of halogens is 1. The van der Waals surface area contributed by atoms with Crippen molar-refractivity contribution < 1.29 is 9.18 Å². The van der Waals surface area contributed by atoms with Gasteiger partial charge in [0.1, 0.15) is 5.82 Å². The number of anilines is 1. The molecule has 0 aliphatic carbocycles. The molecule has 1 saturated heterocycles. The predicted octanol–water partition coefficient (Wildman–Crippen LogP) is 4.85. The van der Waals surface area contributed by atoms with Crippen molar-refractivity contribution in [2.45, 2.75) is 32.6 Å². The Labute approximate surface area is 142 Å². The molecular weight excluding hydrogens is 303 g/mol. The second kappa shape index (κ2) is 7.04. The van der Waals surface area contributed by atoms with E-state index in [-0.39, 0.29) is 17.8 Å². The van der Waals surface area contributed by atoms with Crippen LogP contribution >= 0.6 is 0 Å². The van der Waals surface area contributed by atoms with Gasteiger partial charge in [-0.15, -0.1) is 0 Å². The maximum atomic E-state index is 13.9. The van der Waals surface area contributed by atoms with Gasteiger partial charge in [-0.2, -0.15) is 0 Å². The number of rotatable bonds is 2. The van der Waals surface area contributed by atoms with Gasteiger partial charge in [-0.05, 0) is 67.5 Å². The number of nitrogens with zero attached hydrogens (tertiary/aromatic N) is 1. The number of benzene rings is 2. The second-order valence-electron chi connectivity index (χ2n) is 6.59.